The number of nitrogens with zero attached hydrogens (tertiary/aromatic N) is 2. The molecule has 0 aliphatic heterocycles. The van der Waals surface area contributed by atoms with Crippen LogP contribution in [0.3, 0.4) is 0 Å². The molecule has 0 saturated heterocycles. The number of nitriles is 1. The predicted molar refractivity (Wildman–Crippen MR) is 146 cm³/mol. The highest BCUT2D eigenvalue weighted by Gasteiger charge is 2.36. The molecule has 39 heavy (non-hydrogen) atoms. The molecule has 7 heteroatoms. The topological polar surface area (TPSA) is 55.0 Å². The SMILES string of the molecule is Cc1ccc(Cn2c(-c3ccc(Oc4ccc(C(C)(C)C)cc4C)cc3)cc(C(F)(F)F)c(C#N)c2=O)cc1. The van der Waals surface area contributed by atoms with E-state index in [2.05, 4.69) is 26.8 Å². The molecule has 0 N–H and O–H groups in total. The van der Waals surface area contributed by atoms with Crippen molar-refractivity contribution in [3.63, 3.8) is 0 Å². The number of aryl methyl sites for hydroxylation is 2. The summed E-state index contributed by atoms with van der Waals surface area (Å²) in [7, 11) is 0. The first-order valence-corrected chi connectivity index (χ1v) is 12.5. The second kappa shape index (κ2) is 10.5. The van der Waals surface area contributed by atoms with Crippen LogP contribution in [0.15, 0.2) is 77.6 Å². The van der Waals surface area contributed by atoms with Crippen LogP contribution in [0.2, 0.25) is 0 Å². The van der Waals surface area contributed by atoms with E-state index in [4.69, 9.17) is 4.74 Å². The molecule has 3 aromatic carbocycles. The normalized spacial score (nSPS) is 11.8. The average Bonchev–Trinajstić information content (AvgIpc) is 2.86. The van der Waals surface area contributed by atoms with Crippen molar-refractivity contribution in [1.82, 2.24) is 4.57 Å². The Morgan fingerprint density at radius 1 is 0.897 bits per heavy atom. The largest absolute Gasteiger partial charge is 0.457 e. The van der Waals surface area contributed by atoms with Gasteiger partial charge in [-0.25, -0.2) is 0 Å². The highest BCUT2D eigenvalue weighted by molar-refractivity contribution is 5.64. The molecule has 0 atom stereocenters. The molecule has 200 valence electrons. The van der Waals surface area contributed by atoms with Crippen LogP contribution < -0.4 is 10.3 Å². The van der Waals surface area contributed by atoms with E-state index in [1.807, 2.05) is 38.1 Å². The Morgan fingerprint density at radius 2 is 1.54 bits per heavy atom. The maximum atomic E-state index is 13.8. The molecule has 0 amide bonds. The molecular weight excluding hydrogens is 501 g/mol. The summed E-state index contributed by atoms with van der Waals surface area (Å²) in [6.45, 7) is 10.3. The third-order valence-electron chi connectivity index (χ3n) is 6.60. The molecule has 0 unspecified atom stereocenters. The molecule has 0 fully saturated rings. The van der Waals surface area contributed by atoms with Crippen LogP contribution in [0.4, 0.5) is 13.2 Å². The van der Waals surface area contributed by atoms with Crippen molar-refractivity contribution in [2.75, 3.05) is 0 Å². The molecule has 1 heterocycles. The van der Waals surface area contributed by atoms with Gasteiger partial charge in [0.05, 0.1) is 17.8 Å². The fraction of sp³-hybridized carbons (Fsp3) is 0.250. The zero-order valence-corrected chi connectivity index (χ0v) is 22.5. The second-order valence-corrected chi connectivity index (χ2v) is 10.7. The van der Waals surface area contributed by atoms with Crippen LogP contribution in [-0.4, -0.2) is 4.57 Å². The first-order valence-electron chi connectivity index (χ1n) is 12.5. The number of hydrogen-bond acceptors (Lipinski definition) is 3. The van der Waals surface area contributed by atoms with E-state index in [9.17, 15) is 23.2 Å². The first-order chi connectivity index (χ1) is 18.3. The second-order valence-electron chi connectivity index (χ2n) is 10.7. The van der Waals surface area contributed by atoms with Crippen LogP contribution in [0, 0.1) is 25.2 Å². The van der Waals surface area contributed by atoms with Gasteiger partial charge in [0.25, 0.3) is 5.56 Å². The van der Waals surface area contributed by atoms with Crippen LogP contribution in [0.25, 0.3) is 11.3 Å². The molecule has 4 rings (SSSR count). The Kier molecular flexibility index (Phi) is 7.43. The van der Waals surface area contributed by atoms with Crippen LogP contribution >= 0.6 is 0 Å². The van der Waals surface area contributed by atoms with Crippen molar-refractivity contribution in [3.8, 4) is 28.8 Å². The Bertz CT molecular complexity index is 1600. The number of halogens is 3. The highest BCUT2D eigenvalue weighted by atomic mass is 19.4. The summed E-state index contributed by atoms with van der Waals surface area (Å²) in [6, 6.07) is 22.2. The lowest BCUT2D eigenvalue weighted by atomic mass is 9.86. The number of pyridine rings is 1. The van der Waals surface area contributed by atoms with E-state index in [1.54, 1.807) is 36.4 Å². The third-order valence-corrected chi connectivity index (χ3v) is 6.60. The van der Waals surface area contributed by atoms with Gasteiger partial charge in [0.15, 0.2) is 0 Å². The van der Waals surface area contributed by atoms with Crippen molar-refractivity contribution in [3.05, 3.63) is 117 Å². The zero-order valence-electron chi connectivity index (χ0n) is 22.5. The summed E-state index contributed by atoms with van der Waals surface area (Å²) in [5.74, 6) is 1.17. The molecule has 0 bridgehead atoms. The van der Waals surface area contributed by atoms with Crippen molar-refractivity contribution in [1.29, 1.82) is 5.26 Å². The van der Waals surface area contributed by atoms with Gasteiger partial charge in [-0.15, -0.1) is 0 Å². The number of ether oxygens (including phenoxy) is 1. The van der Waals surface area contributed by atoms with E-state index >= 15 is 0 Å². The zero-order chi connectivity index (χ0) is 28.5. The summed E-state index contributed by atoms with van der Waals surface area (Å²) in [5, 5.41) is 9.43. The Hall–Kier alpha value is -4.31. The Balaban J connectivity index is 1.76. The van der Waals surface area contributed by atoms with Crippen molar-refractivity contribution >= 4 is 0 Å². The van der Waals surface area contributed by atoms with Crippen LogP contribution in [0.5, 0.6) is 11.5 Å². The lowest BCUT2D eigenvalue weighted by Crippen LogP contribution is -2.28. The van der Waals surface area contributed by atoms with Crippen LogP contribution in [0.1, 0.15) is 54.2 Å². The first kappa shape index (κ1) is 27.7. The van der Waals surface area contributed by atoms with Gasteiger partial charge in [0.1, 0.15) is 23.1 Å². The monoisotopic (exact) mass is 530 g/mol. The van der Waals surface area contributed by atoms with Crippen molar-refractivity contribution in [2.45, 2.75) is 52.8 Å². The van der Waals surface area contributed by atoms with Crippen molar-refractivity contribution < 1.29 is 17.9 Å². The van der Waals surface area contributed by atoms with E-state index in [-0.39, 0.29) is 17.7 Å². The van der Waals surface area contributed by atoms with E-state index in [1.165, 1.54) is 16.2 Å². The maximum absolute atomic E-state index is 13.8. The minimum absolute atomic E-state index is 0.00429. The smallest absolute Gasteiger partial charge is 0.417 e. The molecule has 0 aliphatic carbocycles. The Morgan fingerprint density at radius 3 is 2.08 bits per heavy atom. The molecule has 0 spiro atoms. The molecule has 0 aliphatic rings. The van der Waals surface area contributed by atoms with Gasteiger partial charge >= 0.3 is 6.18 Å². The number of benzene rings is 3. The maximum Gasteiger partial charge on any atom is 0.417 e. The predicted octanol–water partition coefficient (Wildman–Crippen LogP) is 8.16. The summed E-state index contributed by atoms with van der Waals surface area (Å²) in [5.41, 5.74) is 1.15. The summed E-state index contributed by atoms with van der Waals surface area (Å²) in [4.78, 5) is 13.2. The number of rotatable bonds is 5. The van der Waals surface area contributed by atoms with Gasteiger partial charge in [-0.1, -0.05) is 62.7 Å². The van der Waals surface area contributed by atoms with Gasteiger partial charge in [0, 0.05) is 0 Å². The number of aromatic nitrogens is 1. The molecule has 1 aromatic heterocycles. The standard InChI is InChI=1S/C32H29F3N2O2/c1-20-6-8-22(9-7-20)19-37-28(17-27(32(33,34)35)26(18-36)30(37)38)23-10-13-25(14-11-23)39-29-15-12-24(16-21(29)2)31(3,4)5/h6-17H,19H2,1-5H3. The lowest BCUT2D eigenvalue weighted by molar-refractivity contribution is -0.137. The van der Waals surface area contributed by atoms with E-state index in [0.29, 0.717) is 17.1 Å². The van der Waals surface area contributed by atoms with E-state index < -0.39 is 22.9 Å². The van der Waals surface area contributed by atoms with E-state index in [0.717, 1.165) is 22.8 Å². The van der Waals surface area contributed by atoms with Gasteiger partial charge in [-0.05, 0) is 77.9 Å². The molecule has 4 aromatic rings. The minimum Gasteiger partial charge on any atom is -0.457 e. The van der Waals surface area contributed by atoms with Gasteiger partial charge in [-0.2, -0.15) is 18.4 Å². The Labute approximate surface area is 225 Å². The molecule has 4 nitrogen and oxygen atoms in total. The highest BCUT2D eigenvalue weighted by Crippen LogP contribution is 2.35. The molecular formula is C32H29F3N2O2. The molecule has 0 saturated carbocycles. The fourth-order valence-corrected chi connectivity index (χ4v) is 4.30. The van der Waals surface area contributed by atoms with Gasteiger partial charge in [0.2, 0.25) is 0 Å². The quantitative estimate of drug-likeness (QED) is 0.262. The van der Waals surface area contributed by atoms with Crippen molar-refractivity contribution in [2.24, 2.45) is 0 Å². The lowest BCUT2D eigenvalue weighted by Gasteiger charge is -2.20. The average molecular weight is 531 g/mol. The third kappa shape index (κ3) is 6.06. The summed E-state index contributed by atoms with van der Waals surface area (Å²) < 4.78 is 48.8. The minimum atomic E-state index is -4.86. The fourth-order valence-electron chi connectivity index (χ4n) is 4.30. The van der Waals surface area contributed by atoms with Crippen LogP contribution in [-0.2, 0) is 18.1 Å². The van der Waals surface area contributed by atoms with Gasteiger partial charge in [-0.3, -0.25) is 4.79 Å². The summed E-state index contributed by atoms with van der Waals surface area (Å²) >= 11 is 0. The number of alkyl halides is 3. The molecule has 0 radical (unpaired) electrons. The summed E-state index contributed by atoms with van der Waals surface area (Å²) in [6.07, 6.45) is -4.86. The number of hydrogen-bond donors (Lipinski definition) is 0. The van der Waals surface area contributed by atoms with Gasteiger partial charge < -0.3 is 9.30 Å².